The first-order chi connectivity index (χ1) is 20.0. The normalized spacial score (nSPS) is 20.9. The van der Waals surface area contributed by atoms with Crippen LogP contribution in [0.3, 0.4) is 0 Å². The number of benzene rings is 3. The van der Waals surface area contributed by atoms with Crippen LogP contribution in [-0.2, 0) is 27.4 Å². The van der Waals surface area contributed by atoms with E-state index in [1.807, 2.05) is 0 Å². The molecule has 1 unspecified atom stereocenters. The summed E-state index contributed by atoms with van der Waals surface area (Å²) in [6.07, 6.45) is 1.27. The first-order valence-electron chi connectivity index (χ1n) is 13.9. The number of carboxylic acids is 1. The molecule has 2 atom stereocenters. The Labute approximate surface area is 254 Å². The minimum absolute atomic E-state index is 0.0561. The highest BCUT2D eigenvalue weighted by molar-refractivity contribution is 6.30. The Balaban J connectivity index is 1.54. The molecule has 1 amide bonds. The molecule has 2 heterocycles. The zero-order valence-corrected chi connectivity index (χ0v) is 25.0. The summed E-state index contributed by atoms with van der Waals surface area (Å²) in [5.74, 6) is -2.15. The van der Waals surface area contributed by atoms with E-state index in [-0.39, 0.29) is 30.0 Å². The molecule has 222 valence electrons. The SMILES string of the molecule is CO[C@]1(c2ccc(Cl)cc2)c2c(F)cc(C(C)(O)C3CCN(CCC(=O)O)CC3)cc2C(=O)N1Cc1ccc(Cl)cc1. The maximum atomic E-state index is 16.4. The lowest BCUT2D eigenvalue weighted by Crippen LogP contribution is -2.46. The largest absolute Gasteiger partial charge is 0.481 e. The lowest BCUT2D eigenvalue weighted by Gasteiger charge is -2.40. The topological polar surface area (TPSA) is 90.3 Å². The van der Waals surface area contributed by atoms with E-state index < -0.39 is 29.0 Å². The van der Waals surface area contributed by atoms with Gasteiger partial charge in [0, 0.05) is 35.8 Å². The Morgan fingerprint density at radius 3 is 2.24 bits per heavy atom. The highest BCUT2D eigenvalue weighted by Crippen LogP contribution is 2.49. The van der Waals surface area contributed by atoms with Crippen molar-refractivity contribution in [1.29, 1.82) is 0 Å². The Morgan fingerprint density at radius 2 is 1.67 bits per heavy atom. The average Bonchev–Trinajstić information content (AvgIpc) is 3.22. The van der Waals surface area contributed by atoms with Crippen molar-refractivity contribution in [2.24, 2.45) is 5.92 Å². The van der Waals surface area contributed by atoms with Crippen LogP contribution in [0.4, 0.5) is 4.39 Å². The zero-order chi connectivity index (χ0) is 30.2. The maximum Gasteiger partial charge on any atom is 0.304 e. The Hall–Kier alpha value is -3.01. The number of carbonyl (C=O) groups is 2. The molecular formula is C32H33Cl2FN2O5. The smallest absolute Gasteiger partial charge is 0.304 e. The van der Waals surface area contributed by atoms with Gasteiger partial charge in [-0.15, -0.1) is 0 Å². The predicted molar refractivity (Wildman–Crippen MR) is 158 cm³/mol. The minimum atomic E-state index is -1.58. The maximum absolute atomic E-state index is 16.4. The van der Waals surface area contributed by atoms with Gasteiger partial charge in [-0.3, -0.25) is 14.5 Å². The molecule has 7 nitrogen and oxygen atoms in total. The number of likely N-dealkylation sites (tertiary alicyclic amines) is 1. The molecule has 3 aromatic rings. The van der Waals surface area contributed by atoms with Crippen molar-refractivity contribution < 1.29 is 28.9 Å². The molecule has 0 saturated carbocycles. The van der Waals surface area contributed by atoms with Crippen molar-refractivity contribution >= 4 is 35.1 Å². The molecule has 0 spiro atoms. The van der Waals surface area contributed by atoms with Crippen LogP contribution in [0.5, 0.6) is 0 Å². The quantitative estimate of drug-likeness (QED) is 0.306. The van der Waals surface area contributed by atoms with E-state index in [1.54, 1.807) is 61.5 Å². The molecule has 0 aliphatic carbocycles. The highest BCUT2D eigenvalue weighted by atomic mass is 35.5. The molecule has 42 heavy (non-hydrogen) atoms. The third kappa shape index (κ3) is 5.54. The summed E-state index contributed by atoms with van der Waals surface area (Å²) in [4.78, 5) is 28.7. The first-order valence-corrected chi connectivity index (χ1v) is 14.6. The number of carboxylic acid groups (broad SMARTS) is 1. The second kappa shape index (κ2) is 11.9. The van der Waals surface area contributed by atoms with Crippen LogP contribution in [0.25, 0.3) is 0 Å². The van der Waals surface area contributed by atoms with Crippen LogP contribution in [0.1, 0.15) is 58.8 Å². The summed E-state index contributed by atoms with van der Waals surface area (Å²) < 4.78 is 22.5. The number of piperidine rings is 1. The number of ether oxygens (including phenoxy) is 1. The Morgan fingerprint density at radius 1 is 1.07 bits per heavy atom. The summed E-state index contributed by atoms with van der Waals surface area (Å²) in [6, 6.07) is 16.7. The van der Waals surface area contributed by atoms with Gasteiger partial charge >= 0.3 is 5.97 Å². The summed E-state index contributed by atoms with van der Waals surface area (Å²) in [5, 5.41) is 21.8. The van der Waals surface area contributed by atoms with E-state index in [4.69, 9.17) is 33.0 Å². The second-order valence-corrected chi connectivity index (χ2v) is 12.0. The third-order valence-corrected chi connectivity index (χ3v) is 9.18. The van der Waals surface area contributed by atoms with Crippen molar-refractivity contribution in [3.63, 3.8) is 0 Å². The number of aliphatic hydroxyl groups is 1. The van der Waals surface area contributed by atoms with E-state index in [0.29, 0.717) is 53.6 Å². The molecular weight excluding hydrogens is 582 g/mol. The van der Waals surface area contributed by atoms with Crippen LogP contribution >= 0.6 is 23.2 Å². The van der Waals surface area contributed by atoms with E-state index in [0.717, 1.165) is 5.56 Å². The standard InChI is InChI=1S/C32H33Cl2FN2O5/c1-31(41,21-11-14-36(15-12-21)16-13-28(38)39)23-17-26-29(27(35)18-23)32(42-2,22-5-9-25(34)10-6-22)37(30(26)40)19-20-3-7-24(33)8-4-20/h3-10,17-18,21,41H,11-16,19H2,1-2H3,(H,38,39)/t31?,32-/m1/s1. The Kier molecular flexibility index (Phi) is 8.65. The van der Waals surface area contributed by atoms with Gasteiger partial charge in [0.2, 0.25) is 0 Å². The van der Waals surface area contributed by atoms with Crippen LogP contribution in [-0.4, -0.2) is 58.6 Å². The minimum Gasteiger partial charge on any atom is -0.481 e. The summed E-state index contributed by atoms with van der Waals surface area (Å²) >= 11 is 12.3. The number of hydrogen-bond acceptors (Lipinski definition) is 5. The number of methoxy groups -OCH3 is 1. The zero-order valence-electron chi connectivity index (χ0n) is 23.4. The molecule has 2 aliphatic heterocycles. The molecule has 5 rings (SSSR count). The first kappa shape index (κ1) is 30.4. The fourth-order valence-corrected chi connectivity index (χ4v) is 6.56. The van der Waals surface area contributed by atoms with Crippen LogP contribution in [0, 0.1) is 11.7 Å². The highest BCUT2D eigenvalue weighted by Gasteiger charge is 2.54. The number of aliphatic carboxylic acids is 1. The fraction of sp³-hybridized carbons (Fsp3) is 0.375. The van der Waals surface area contributed by atoms with Gasteiger partial charge in [0.1, 0.15) is 5.82 Å². The molecule has 3 aromatic carbocycles. The van der Waals surface area contributed by atoms with E-state index in [1.165, 1.54) is 18.1 Å². The molecule has 0 radical (unpaired) electrons. The number of nitrogens with zero attached hydrogens (tertiary/aromatic N) is 2. The van der Waals surface area contributed by atoms with Crippen molar-refractivity contribution in [2.45, 2.75) is 44.1 Å². The number of fused-ring (bicyclic) bond motifs is 1. The average molecular weight is 616 g/mol. The lowest BCUT2D eigenvalue weighted by atomic mass is 9.76. The lowest BCUT2D eigenvalue weighted by molar-refractivity contribution is -0.137. The Bertz CT molecular complexity index is 1470. The van der Waals surface area contributed by atoms with Gasteiger partial charge in [-0.25, -0.2) is 4.39 Å². The molecule has 1 saturated heterocycles. The van der Waals surface area contributed by atoms with Gasteiger partial charge in [0.05, 0.1) is 23.1 Å². The molecule has 0 bridgehead atoms. The van der Waals surface area contributed by atoms with Crippen molar-refractivity contribution in [3.8, 4) is 0 Å². The summed E-state index contributed by atoms with van der Waals surface area (Å²) in [6.45, 7) is 3.46. The number of rotatable bonds is 9. The number of carbonyl (C=O) groups excluding carboxylic acids is 1. The third-order valence-electron chi connectivity index (χ3n) is 8.68. The summed E-state index contributed by atoms with van der Waals surface area (Å²) in [7, 11) is 1.44. The number of amides is 1. The second-order valence-electron chi connectivity index (χ2n) is 11.2. The van der Waals surface area contributed by atoms with Gasteiger partial charge in [0.25, 0.3) is 5.91 Å². The predicted octanol–water partition coefficient (Wildman–Crippen LogP) is 6.03. The number of hydrogen-bond donors (Lipinski definition) is 2. The molecule has 0 aromatic heterocycles. The summed E-state index contributed by atoms with van der Waals surface area (Å²) in [5.41, 5.74) is -1.19. The fourth-order valence-electron chi connectivity index (χ4n) is 6.31. The van der Waals surface area contributed by atoms with Gasteiger partial charge in [0.15, 0.2) is 5.72 Å². The van der Waals surface area contributed by atoms with Gasteiger partial charge in [-0.1, -0.05) is 47.5 Å². The molecule has 2 N–H and O–H groups in total. The van der Waals surface area contributed by atoms with Gasteiger partial charge in [-0.05, 0) is 86.3 Å². The molecule has 10 heteroatoms. The van der Waals surface area contributed by atoms with E-state index >= 15 is 4.39 Å². The molecule has 1 fully saturated rings. The number of halogens is 3. The van der Waals surface area contributed by atoms with E-state index in [2.05, 4.69) is 4.90 Å². The van der Waals surface area contributed by atoms with Crippen molar-refractivity contribution in [3.05, 3.63) is 104 Å². The van der Waals surface area contributed by atoms with Crippen LogP contribution < -0.4 is 0 Å². The van der Waals surface area contributed by atoms with Gasteiger partial charge < -0.3 is 19.8 Å². The van der Waals surface area contributed by atoms with Crippen molar-refractivity contribution in [2.75, 3.05) is 26.7 Å². The van der Waals surface area contributed by atoms with Crippen molar-refractivity contribution in [1.82, 2.24) is 9.80 Å². The van der Waals surface area contributed by atoms with E-state index in [9.17, 15) is 14.7 Å². The van der Waals surface area contributed by atoms with Crippen LogP contribution in [0.2, 0.25) is 10.0 Å². The van der Waals surface area contributed by atoms with Crippen LogP contribution in [0.15, 0.2) is 60.7 Å². The van der Waals surface area contributed by atoms with Gasteiger partial charge in [-0.2, -0.15) is 0 Å². The molecule has 2 aliphatic rings. The monoisotopic (exact) mass is 614 g/mol.